The lowest BCUT2D eigenvalue weighted by Crippen LogP contribution is -2.29. The first-order valence-corrected chi connectivity index (χ1v) is 5.93. The first kappa shape index (κ1) is 12.1. The van der Waals surface area contributed by atoms with Crippen molar-refractivity contribution in [2.24, 2.45) is 0 Å². The monoisotopic (exact) mass is 269 g/mol. The average Bonchev–Trinajstić information content (AvgIpc) is 2.56. The number of Topliss-reactive ketones (excluding diaryl/α,β-unsaturated/α-hetero) is 1. The maximum absolute atomic E-state index is 11.8. The van der Waals surface area contributed by atoms with Crippen LogP contribution in [0.2, 0.25) is 5.02 Å². The van der Waals surface area contributed by atoms with Gasteiger partial charge in [0, 0.05) is 12.4 Å². The molecule has 0 radical (unpaired) electrons. The zero-order valence-electron chi connectivity index (χ0n) is 8.82. The average molecular weight is 270 g/mol. The van der Waals surface area contributed by atoms with Crippen LogP contribution in [-0.2, 0) is 4.79 Å². The third-order valence-corrected chi connectivity index (χ3v) is 2.97. The second-order valence-electron chi connectivity index (χ2n) is 3.51. The van der Waals surface area contributed by atoms with E-state index in [1.165, 1.54) is 4.90 Å². The van der Waals surface area contributed by atoms with E-state index >= 15 is 0 Å². The van der Waals surface area contributed by atoms with E-state index in [1.807, 2.05) is 0 Å². The van der Waals surface area contributed by atoms with Crippen molar-refractivity contribution in [3.63, 3.8) is 0 Å². The van der Waals surface area contributed by atoms with Crippen molar-refractivity contribution in [2.45, 2.75) is 0 Å². The van der Waals surface area contributed by atoms with Gasteiger partial charge in [-0.3, -0.25) is 14.5 Å². The van der Waals surface area contributed by atoms with Gasteiger partial charge in [0.2, 0.25) is 0 Å². The molecule has 0 fully saturated rings. The van der Waals surface area contributed by atoms with Gasteiger partial charge >= 0.3 is 0 Å². The number of anilines is 1. The summed E-state index contributed by atoms with van der Waals surface area (Å²) in [5.74, 6) is -0.695. The fourth-order valence-corrected chi connectivity index (χ4v) is 2.13. The number of rotatable bonds is 3. The minimum atomic E-state index is -0.549. The van der Waals surface area contributed by atoms with E-state index in [0.29, 0.717) is 28.7 Å². The maximum atomic E-state index is 11.8. The molecule has 0 N–H and O–H groups in total. The Labute approximate surface area is 109 Å². The molecule has 1 aliphatic rings. The Hall–Kier alpha value is -1.32. The van der Waals surface area contributed by atoms with Gasteiger partial charge < -0.3 is 0 Å². The van der Waals surface area contributed by atoms with Gasteiger partial charge in [-0.15, -0.1) is 11.6 Å². The number of benzene rings is 1. The fourth-order valence-electron chi connectivity index (χ4n) is 1.73. The van der Waals surface area contributed by atoms with Crippen molar-refractivity contribution in [1.29, 1.82) is 0 Å². The number of carbonyl (C=O) groups excluding carboxylic acids is 2. The first-order valence-electron chi connectivity index (χ1n) is 5.02. The molecule has 0 spiro atoms. The van der Waals surface area contributed by atoms with E-state index in [9.17, 15) is 9.59 Å². The van der Waals surface area contributed by atoms with Crippen LogP contribution in [0.25, 0.3) is 0 Å². The molecule has 0 unspecified atom stereocenters. The van der Waals surface area contributed by atoms with E-state index in [2.05, 4.69) is 0 Å². The summed E-state index contributed by atoms with van der Waals surface area (Å²) in [5, 5.41) is 0.404. The van der Waals surface area contributed by atoms with Crippen molar-refractivity contribution in [3.8, 4) is 0 Å². The van der Waals surface area contributed by atoms with Crippen LogP contribution in [0.3, 0.4) is 0 Å². The summed E-state index contributed by atoms with van der Waals surface area (Å²) in [6, 6.07) is 4.92. The minimum Gasteiger partial charge on any atom is -0.299 e. The second-order valence-corrected chi connectivity index (χ2v) is 4.22. The van der Waals surface area contributed by atoms with Crippen LogP contribution in [-0.4, -0.2) is 24.1 Å². The van der Waals surface area contributed by atoms with E-state index in [-0.39, 0.29) is 0 Å². The minimum absolute atomic E-state index is 0.300. The lowest BCUT2D eigenvalue weighted by Gasteiger charge is -2.15. The molecule has 17 heavy (non-hydrogen) atoms. The molecule has 0 atom stereocenters. The van der Waals surface area contributed by atoms with Crippen LogP contribution in [0.4, 0.5) is 5.69 Å². The third kappa shape index (κ3) is 2.08. The summed E-state index contributed by atoms with van der Waals surface area (Å²) in [5.41, 5.74) is 0.852. The molecule has 3 nitrogen and oxygen atoms in total. The number of para-hydroxylation sites is 1. The van der Waals surface area contributed by atoms with Crippen LogP contribution in [0.5, 0.6) is 0 Å². The Bertz CT molecular complexity index is 511. The number of nitrogens with zero attached hydrogens (tertiary/aromatic N) is 1. The second kappa shape index (κ2) is 4.90. The molecular formula is C12H9Cl2NO2. The number of ketones is 1. The van der Waals surface area contributed by atoms with Crippen molar-refractivity contribution < 1.29 is 9.59 Å². The van der Waals surface area contributed by atoms with E-state index in [4.69, 9.17) is 23.2 Å². The van der Waals surface area contributed by atoms with Crippen molar-refractivity contribution in [2.75, 3.05) is 17.3 Å². The highest BCUT2D eigenvalue weighted by Crippen LogP contribution is 2.35. The van der Waals surface area contributed by atoms with E-state index in [1.54, 1.807) is 30.4 Å². The van der Waals surface area contributed by atoms with Gasteiger partial charge in [0.25, 0.3) is 11.7 Å². The Kier molecular flexibility index (Phi) is 3.50. The molecule has 0 aliphatic carbocycles. The summed E-state index contributed by atoms with van der Waals surface area (Å²) in [7, 11) is 0. The summed E-state index contributed by atoms with van der Waals surface area (Å²) in [6.45, 7) is 0.300. The molecule has 88 valence electrons. The van der Waals surface area contributed by atoms with Gasteiger partial charge in [-0.2, -0.15) is 0 Å². The number of alkyl halides is 1. The van der Waals surface area contributed by atoms with Crippen LogP contribution in [0.15, 0.2) is 30.4 Å². The summed E-state index contributed by atoms with van der Waals surface area (Å²) in [6.07, 6.45) is 3.45. The summed E-state index contributed by atoms with van der Waals surface area (Å²) < 4.78 is 0. The molecule has 2 rings (SSSR count). The summed E-state index contributed by atoms with van der Waals surface area (Å²) in [4.78, 5) is 24.8. The Morgan fingerprint density at radius 2 is 2.00 bits per heavy atom. The van der Waals surface area contributed by atoms with E-state index < -0.39 is 11.7 Å². The molecule has 0 saturated carbocycles. The quantitative estimate of drug-likeness (QED) is 0.481. The highest BCUT2D eigenvalue weighted by molar-refractivity contribution is 6.54. The highest BCUT2D eigenvalue weighted by Gasteiger charge is 2.36. The number of allylic oxidation sites excluding steroid dienone is 1. The lowest BCUT2D eigenvalue weighted by atomic mass is 10.1. The van der Waals surface area contributed by atoms with E-state index in [0.717, 1.165) is 0 Å². The molecule has 0 saturated heterocycles. The number of fused-ring (bicyclic) bond motifs is 1. The fraction of sp³-hybridized carbons (Fsp3) is 0.167. The molecule has 1 aromatic carbocycles. The molecule has 1 heterocycles. The van der Waals surface area contributed by atoms with Crippen molar-refractivity contribution in [3.05, 3.63) is 40.9 Å². The van der Waals surface area contributed by atoms with Gasteiger partial charge in [-0.25, -0.2) is 0 Å². The molecule has 0 bridgehead atoms. The van der Waals surface area contributed by atoms with Gasteiger partial charge in [0.1, 0.15) is 0 Å². The van der Waals surface area contributed by atoms with Crippen LogP contribution >= 0.6 is 23.2 Å². The zero-order chi connectivity index (χ0) is 12.4. The van der Waals surface area contributed by atoms with Crippen LogP contribution < -0.4 is 4.90 Å². The highest BCUT2D eigenvalue weighted by atomic mass is 35.5. The normalized spacial score (nSPS) is 14.8. The molecule has 5 heteroatoms. The Morgan fingerprint density at radius 1 is 1.24 bits per heavy atom. The Morgan fingerprint density at radius 3 is 2.71 bits per heavy atom. The molecule has 1 aliphatic heterocycles. The van der Waals surface area contributed by atoms with Crippen LogP contribution in [0, 0.1) is 0 Å². The maximum Gasteiger partial charge on any atom is 0.299 e. The molecular weight excluding hydrogens is 261 g/mol. The molecule has 1 amide bonds. The number of amides is 1. The van der Waals surface area contributed by atoms with Crippen molar-refractivity contribution >= 4 is 40.6 Å². The number of hydrogen-bond donors (Lipinski definition) is 0. The smallest absolute Gasteiger partial charge is 0.299 e. The number of halogens is 2. The van der Waals surface area contributed by atoms with Crippen LogP contribution in [0.1, 0.15) is 10.4 Å². The summed E-state index contributed by atoms with van der Waals surface area (Å²) >= 11 is 11.5. The molecule has 1 aromatic rings. The predicted octanol–water partition coefficient (Wildman–Crippen LogP) is 2.66. The topological polar surface area (TPSA) is 37.4 Å². The number of carbonyl (C=O) groups is 2. The number of hydrogen-bond acceptors (Lipinski definition) is 2. The van der Waals surface area contributed by atoms with Gasteiger partial charge in [0.05, 0.1) is 16.3 Å². The Balaban J connectivity index is 2.40. The molecule has 0 aromatic heterocycles. The largest absolute Gasteiger partial charge is 0.299 e. The zero-order valence-corrected chi connectivity index (χ0v) is 10.3. The van der Waals surface area contributed by atoms with Gasteiger partial charge in [-0.05, 0) is 12.1 Å². The van der Waals surface area contributed by atoms with Gasteiger partial charge in [0.15, 0.2) is 0 Å². The third-order valence-electron chi connectivity index (χ3n) is 2.48. The standard InChI is InChI=1S/C12H9Cl2NO2/c13-6-1-2-7-15-10-8(11(16)12(15)17)4-3-5-9(10)14/h1-5H,6-7H2. The predicted molar refractivity (Wildman–Crippen MR) is 68.0 cm³/mol. The SMILES string of the molecule is O=C1C(=O)N(CC=CCCl)c2c(Cl)cccc21. The lowest BCUT2D eigenvalue weighted by molar-refractivity contribution is -0.114. The van der Waals surface area contributed by atoms with Crippen molar-refractivity contribution in [1.82, 2.24) is 0 Å². The van der Waals surface area contributed by atoms with Gasteiger partial charge in [-0.1, -0.05) is 29.8 Å². The first-order chi connectivity index (χ1) is 8.16.